The third kappa shape index (κ3) is 5.05. The van der Waals surface area contributed by atoms with Crippen LogP contribution in [0.15, 0.2) is 59.5 Å². The molecule has 1 aliphatic heterocycles. The molecule has 1 unspecified atom stereocenters. The molecule has 35 heavy (non-hydrogen) atoms. The maximum Gasteiger partial charge on any atom is 0.264 e. The average molecular weight is 493 g/mol. The predicted octanol–water partition coefficient (Wildman–Crippen LogP) is 4.93. The van der Waals surface area contributed by atoms with E-state index < -0.39 is 10.0 Å². The van der Waals surface area contributed by atoms with Crippen LogP contribution in [0.1, 0.15) is 46.3 Å². The second-order valence-corrected chi connectivity index (χ2v) is 11.1. The van der Waals surface area contributed by atoms with Crippen molar-refractivity contribution in [3.05, 3.63) is 88.0 Å². The molecule has 3 aromatic rings. The van der Waals surface area contributed by atoms with E-state index in [0.717, 1.165) is 22.4 Å². The topological polar surface area (TPSA) is 75.7 Å². The van der Waals surface area contributed by atoms with E-state index in [1.54, 1.807) is 19.1 Å². The number of nitrogens with one attached hydrogen (secondary N) is 1. The highest BCUT2D eigenvalue weighted by Crippen LogP contribution is 2.33. The number of fused-ring (bicyclic) bond motifs is 1. The van der Waals surface area contributed by atoms with Gasteiger partial charge in [-0.25, -0.2) is 8.42 Å². The van der Waals surface area contributed by atoms with Crippen molar-refractivity contribution in [3.8, 4) is 5.75 Å². The SMILES string of the molecule is Cc1cc(C)c(C(C)NC(=O)COc2ccc(S(=O)(=O)N3CCc4ccccc43)cc2C)cc1C. The van der Waals surface area contributed by atoms with Crippen LogP contribution in [0.4, 0.5) is 5.69 Å². The molecule has 0 aliphatic carbocycles. The average Bonchev–Trinajstić information content (AvgIpc) is 3.25. The molecule has 4 rings (SSSR count). The lowest BCUT2D eigenvalue weighted by Crippen LogP contribution is -2.31. The minimum Gasteiger partial charge on any atom is -0.484 e. The third-order valence-electron chi connectivity index (χ3n) is 6.66. The molecular weight excluding hydrogens is 460 g/mol. The quantitative estimate of drug-likeness (QED) is 0.508. The first-order valence-electron chi connectivity index (χ1n) is 11.8. The Kier molecular flexibility index (Phi) is 6.90. The summed E-state index contributed by atoms with van der Waals surface area (Å²) < 4.78 is 33.7. The summed E-state index contributed by atoms with van der Waals surface area (Å²) in [5.41, 5.74) is 7.04. The van der Waals surface area contributed by atoms with Crippen LogP contribution in [0.5, 0.6) is 5.75 Å². The zero-order valence-corrected chi connectivity index (χ0v) is 21.7. The van der Waals surface area contributed by atoms with Crippen LogP contribution in [0, 0.1) is 27.7 Å². The van der Waals surface area contributed by atoms with Gasteiger partial charge in [0.25, 0.3) is 15.9 Å². The molecule has 1 heterocycles. The van der Waals surface area contributed by atoms with Gasteiger partial charge >= 0.3 is 0 Å². The number of carbonyl (C=O) groups excluding carboxylic acids is 1. The van der Waals surface area contributed by atoms with Crippen molar-refractivity contribution in [2.45, 2.75) is 52.0 Å². The number of amides is 1. The third-order valence-corrected chi connectivity index (χ3v) is 8.47. The summed E-state index contributed by atoms with van der Waals surface area (Å²) in [4.78, 5) is 12.8. The Morgan fingerprint density at radius 1 is 0.971 bits per heavy atom. The smallest absolute Gasteiger partial charge is 0.264 e. The Labute approximate surface area is 208 Å². The first-order valence-corrected chi connectivity index (χ1v) is 13.2. The van der Waals surface area contributed by atoms with Gasteiger partial charge in [0.1, 0.15) is 5.75 Å². The minimum atomic E-state index is -3.68. The summed E-state index contributed by atoms with van der Waals surface area (Å²) in [6.07, 6.45) is 0.699. The fraction of sp³-hybridized carbons (Fsp3) is 0.321. The Bertz CT molecular complexity index is 1380. The molecule has 184 valence electrons. The largest absolute Gasteiger partial charge is 0.484 e. The molecule has 0 aromatic heterocycles. The Morgan fingerprint density at radius 2 is 1.69 bits per heavy atom. The van der Waals surface area contributed by atoms with Crippen LogP contribution in [0.25, 0.3) is 0 Å². The lowest BCUT2D eigenvalue weighted by Gasteiger charge is -2.20. The number of nitrogens with zero attached hydrogens (tertiary/aromatic N) is 1. The van der Waals surface area contributed by atoms with Gasteiger partial charge in [0.05, 0.1) is 16.6 Å². The van der Waals surface area contributed by atoms with Gasteiger partial charge in [-0.3, -0.25) is 9.10 Å². The number of rotatable bonds is 7. The van der Waals surface area contributed by atoms with Crippen molar-refractivity contribution in [2.24, 2.45) is 0 Å². The van der Waals surface area contributed by atoms with Crippen LogP contribution in [-0.4, -0.2) is 27.5 Å². The van der Waals surface area contributed by atoms with Crippen molar-refractivity contribution >= 4 is 21.6 Å². The van der Waals surface area contributed by atoms with Gasteiger partial charge in [0.2, 0.25) is 0 Å². The van der Waals surface area contributed by atoms with Crippen molar-refractivity contribution in [1.29, 1.82) is 0 Å². The van der Waals surface area contributed by atoms with Crippen LogP contribution in [0.2, 0.25) is 0 Å². The molecule has 1 N–H and O–H groups in total. The highest BCUT2D eigenvalue weighted by atomic mass is 32.2. The van der Waals surface area contributed by atoms with Crippen LogP contribution in [0.3, 0.4) is 0 Å². The predicted molar refractivity (Wildman–Crippen MR) is 139 cm³/mol. The lowest BCUT2D eigenvalue weighted by molar-refractivity contribution is -0.123. The minimum absolute atomic E-state index is 0.151. The summed E-state index contributed by atoms with van der Waals surface area (Å²) in [6, 6.07) is 16.4. The monoisotopic (exact) mass is 492 g/mol. The highest BCUT2D eigenvalue weighted by Gasteiger charge is 2.30. The van der Waals surface area contributed by atoms with E-state index in [1.165, 1.54) is 21.5 Å². The first-order chi connectivity index (χ1) is 16.6. The zero-order chi connectivity index (χ0) is 25.3. The number of ether oxygens (including phenoxy) is 1. The van der Waals surface area contributed by atoms with Crippen molar-refractivity contribution in [3.63, 3.8) is 0 Å². The number of anilines is 1. The molecule has 1 atom stereocenters. The van der Waals surface area contributed by atoms with Gasteiger partial charge < -0.3 is 10.1 Å². The number of carbonyl (C=O) groups is 1. The van der Waals surface area contributed by atoms with Gasteiger partial charge in [-0.15, -0.1) is 0 Å². The summed E-state index contributed by atoms with van der Waals surface area (Å²) in [7, 11) is -3.68. The fourth-order valence-electron chi connectivity index (χ4n) is 4.58. The maximum atomic E-state index is 13.3. The van der Waals surface area contributed by atoms with Crippen molar-refractivity contribution in [1.82, 2.24) is 5.32 Å². The zero-order valence-electron chi connectivity index (χ0n) is 20.9. The van der Waals surface area contributed by atoms with E-state index in [-0.39, 0.29) is 23.5 Å². The molecule has 1 aliphatic rings. The lowest BCUT2D eigenvalue weighted by atomic mass is 9.96. The van der Waals surface area contributed by atoms with Gasteiger partial charge in [-0.1, -0.05) is 30.3 Å². The molecule has 3 aromatic carbocycles. The molecular formula is C28H32N2O4S. The van der Waals surface area contributed by atoms with Gasteiger partial charge in [0, 0.05) is 6.54 Å². The van der Waals surface area contributed by atoms with Gasteiger partial charge in [-0.05, 0) is 98.7 Å². The second kappa shape index (κ2) is 9.74. The maximum absolute atomic E-state index is 13.3. The number of benzene rings is 3. The van der Waals surface area contributed by atoms with E-state index in [2.05, 4.69) is 31.3 Å². The second-order valence-electron chi connectivity index (χ2n) is 9.25. The summed E-state index contributed by atoms with van der Waals surface area (Å²) in [6.45, 7) is 10.2. The van der Waals surface area contributed by atoms with E-state index >= 15 is 0 Å². The van der Waals surface area contributed by atoms with E-state index in [1.807, 2.05) is 38.1 Å². The molecule has 1 amide bonds. The van der Waals surface area contributed by atoms with Crippen LogP contribution >= 0.6 is 0 Å². The van der Waals surface area contributed by atoms with Gasteiger partial charge in [-0.2, -0.15) is 0 Å². The molecule has 0 saturated heterocycles. The van der Waals surface area contributed by atoms with Gasteiger partial charge in [0.15, 0.2) is 6.61 Å². The molecule has 0 radical (unpaired) electrons. The molecule has 0 saturated carbocycles. The first kappa shape index (κ1) is 24.8. The van der Waals surface area contributed by atoms with Crippen LogP contribution < -0.4 is 14.4 Å². The molecule has 0 bridgehead atoms. The number of para-hydroxylation sites is 1. The van der Waals surface area contributed by atoms with E-state index in [0.29, 0.717) is 24.3 Å². The number of hydrogen-bond acceptors (Lipinski definition) is 4. The molecule has 7 heteroatoms. The Morgan fingerprint density at radius 3 is 2.43 bits per heavy atom. The number of hydrogen-bond donors (Lipinski definition) is 1. The highest BCUT2D eigenvalue weighted by molar-refractivity contribution is 7.92. The number of aryl methyl sites for hydroxylation is 4. The number of sulfonamides is 1. The van der Waals surface area contributed by atoms with E-state index in [9.17, 15) is 13.2 Å². The van der Waals surface area contributed by atoms with Crippen LogP contribution in [-0.2, 0) is 21.2 Å². The normalized spacial score (nSPS) is 13.9. The molecule has 6 nitrogen and oxygen atoms in total. The summed E-state index contributed by atoms with van der Waals surface area (Å²) in [5.74, 6) is 0.246. The fourth-order valence-corrected chi connectivity index (χ4v) is 6.17. The summed E-state index contributed by atoms with van der Waals surface area (Å²) >= 11 is 0. The Hall–Kier alpha value is -3.32. The standard InChI is InChI=1S/C28H32N2O4S/c1-18-14-20(3)25(16-19(18)2)22(5)29-28(31)17-34-27-11-10-24(15-21(27)4)35(32,33)30-13-12-23-8-6-7-9-26(23)30/h6-11,14-16,22H,12-13,17H2,1-5H3,(H,29,31). The van der Waals surface area contributed by atoms with Crippen molar-refractivity contribution < 1.29 is 17.9 Å². The Balaban J connectivity index is 1.41. The van der Waals surface area contributed by atoms with Crippen molar-refractivity contribution in [2.75, 3.05) is 17.5 Å². The van der Waals surface area contributed by atoms with E-state index in [4.69, 9.17) is 4.74 Å². The molecule has 0 spiro atoms. The summed E-state index contributed by atoms with van der Waals surface area (Å²) in [5, 5.41) is 2.99. The molecule has 0 fully saturated rings.